The Morgan fingerprint density at radius 2 is 1.80 bits per heavy atom. The summed E-state index contributed by atoms with van der Waals surface area (Å²) in [6.07, 6.45) is 2.33. The van der Waals surface area contributed by atoms with Gasteiger partial charge < -0.3 is 10.1 Å². The molecule has 138 valence electrons. The van der Waals surface area contributed by atoms with Crippen LogP contribution >= 0.6 is 0 Å². The molecule has 0 radical (unpaired) electrons. The maximum absolute atomic E-state index is 13.2. The number of nitrogens with zero attached hydrogens (tertiary/aromatic N) is 2. The maximum Gasteiger partial charge on any atom is 0.244 e. The number of carbonyl (C=O) groups excluding carboxylic acids is 1. The van der Waals surface area contributed by atoms with Gasteiger partial charge >= 0.3 is 0 Å². The van der Waals surface area contributed by atoms with Crippen molar-refractivity contribution in [1.29, 1.82) is 0 Å². The zero-order valence-corrected chi connectivity index (χ0v) is 15.5. The molecule has 2 aliphatic heterocycles. The average Bonchev–Trinajstić information content (AvgIpc) is 3.21. The highest BCUT2D eigenvalue weighted by atomic mass is 16.5. The van der Waals surface area contributed by atoms with E-state index < -0.39 is 5.54 Å². The van der Waals surface area contributed by atoms with Crippen LogP contribution in [0, 0.1) is 0 Å². The van der Waals surface area contributed by atoms with Crippen LogP contribution < -0.4 is 5.32 Å². The van der Waals surface area contributed by atoms with E-state index in [0.717, 1.165) is 45.0 Å². The molecule has 0 aliphatic carbocycles. The molecule has 1 amide bonds. The monoisotopic (exact) mass is 345 g/mol. The number of carbonyl (C=O) groups is 1. The number of benzene rings is 1. The number of hydrogen-bond acceptors (Lipinski definition) is 4. The summed E-state index contributed by atoms with van der Waals surface area (Å²) in [7, 11) is 0. The van der Waals surface area contributed by atoms with Crippen LogP contribution in [0.15, 0.2) is 30.3 Å². The fraction of sp³-hybridized carbons (Fsp3) is 0.650. The third kappa shape index (κ3) is 4.05. The minimum Gasteiger partial charge on any atom is -0.379 e. The molecule has 2 heterocycles. The second kappa shape index (κ2) is 8.30. The number of hydrogen-bond donors (Lipinski definition) is 1. The van der Waals surface area contributed by atoms with Crippen molar-refractivity contribution >= 4 is 5.91 Å². The molecule has 2 saturated heterocycles. The lowest BCUT2D eigenvalue weighted by Crippen LogP contribution is -2.56. The normalized spacial score (nSPS) is 23.1. The summed E-state index contributed by atoms with van der Waals surface area (Å²) >= 11 is 0. The van der Waals surface area contributed by atoms with Gasteiger partial charge in [-0.05, 0) is 45.3 Å². The summed E-state index contributed by atoms with van der Waals surface area (Å²) < 4.78 is 5.42. The first-order valence-corrected chi connectivity index (χ1v) is 9.53. The lowest BCUT2D eigenvalue weighted by atomic mass is 9.89. The highest BCUT2D eigenvalue weighted by Gasteiger charge is 2.42. The van der Waals surface area contributed by atoms with Gasteiger partial charge in [0, 0.05) is 25.7 Å². The number of nitrogens with one attached hydrogen (secondary N) is 1. The average molecular weight is 345 g/mol. The van der Waals surface area contributed by atoms with Crippen molar-refractivity contribution in [2.24, 2.45) is 0 Å². The lowest BCUT2D eigenvalue weighted by Gasteiger charge is -2.39. The van der Waals surface area contributed by atoms with Crippen LogP contribution in [-0.2, 0) is 15.1 Å². The second-order valence-corrected chi connectivity index (χ2v) is 7.34. The molecule has 0 bridgehead atoms. The Morgan fingerprint density at radius 3 is 2.44 bits per heavy atom. The van der Waals surface area contributed by atoms with Gasteiger partial charge in [-0.3, -0.25) is 14.6 Å². The molecule has 2 atom stereocenters. The van der Waals surface area contributed by atoms with Gasteiger partial charge in [0.1, 0.15) is 5.54 Å². The summed E-state index contributed by atoms with van der Waals surface area (Å²) in [5, 5.41) is 3.23. The van der Waals surface area contributed by atoms with Crippen LogP contribution in [0.1, 0.15) is 32.3 Å². The SMILES string of the molecule is C[C@H](CNC(=O)[C@@](C)(c1ccccc1)N1CCCC1)N1CCOCC1. The van der Waals surface area contributed by atoms with E-state index >= 15 is 0 Å². The predicted octanol–water partition coefficient (Wildman–Crippen LogP) is 1.83. The summed E-state index contributed by atoms with van der Waals surface area (Å²) in [5.41, 5.74) is 0.482. The Balaban J connectivity index is 1.69. The minimum absolute atomic E-state index is 0.112. The van der Waals surface area contributed by atoms with E-state index in [1.807, 2.05) is 18.2 Å². The van der Waals surface area contributed by atoms with Gasteiger partial charge in [-0.2, -0.15) is 0 Å². The van der Waals surface area contributed by atoms with Crippen molar-refractivity contribution in [1.82, 2.24) is 15.1 Å². The van der Waals surface area contributed by atoms with E-state index in [4.69, 9.17) is 4.74 Å². The van der Waals surface area contributed by atoms with E-state index in [0.29, 0.717) is 12.6 Å². The second-order valence-electron chi connectivity index (χ2n) is 7.34. The predicted molar refractivity (Wildman–Crippen MR) is 99.5 cm³/mol. The van der Waals surface area contributed by atoms with Crippen LogP contribution in [-0.4, -0.2) is 67.7 Å². The highest BCUT2D eigenvalue weighted by Crippen LogP contribution is 2.31. The summed E-state index contributed by atoms with van der Waals surface area (Å²) in [6, 6.07) is 10.5. The van der Waals surface area contributed by atoms with Gasteiger partial charge in [0.25, 0.3) is 0 Å². The molecule has 25 heavy (non-hydrogen) atoms. The van der Waals surface area contributed by atoms with Crippen molar-refractivity contribution in [3.63, 3.8) is 0 Å². The number of likely N-dealkylation sites (tertiary alicyclic amines) is 1. The molecule has 0 aromatic heterocycles. The first-order chi connectivity index (χ1) is 12.1. The van der Waals surface area contributed by atoms with Gasteiger partial charge in [0.05, 0.1) is 13.2 Å². The standard InChI is InChI=1S/C20H31N3O2/c1-17(22-12-14-25-15-13-22)16-21-19(24)20(2,23-10-6-7-11-23)18-8-4-3-5-9-18/h3-5,8-9,17H,6-7,10-16H2,1-2H3,(H,21,24)/t17-,20-/m1/s1. The fourth-order valence-corrected chi connectivity index (χ4v) is 3.94. The quantitative estimate of drug-likeness (QED) is 0.854. The molecule has 5 nitrogen and oxygen atoms in total. The van der Waals surface area contributed by atoms with Crippen LogP contribution in [0.4, 0.5) is 0 Å². The van der Waals surface area contributed by atoms with Crippen LogP contribution in [0.5, 0.6) is 0 Å². The van der Waals surface area contributed by atoms with E-state index in [1.165, 1.54) is 12.8 Å². The van der Waals surface area contributed by atoms with Crippen molar-refractivity contribution in [3.05, 3.63) is 35.9 Å². The third-order valence-electron chi connectivity index (χ3n) is 5.74. The topological polar surface area (TPSA) is 44.8 Å². The van der Waals surface area contributed by atoms with Gasteiger partial charge in [-0.1, -0.05) is 30.3 Å². The van der Waals surface area contributed by atoms with Crippen molar-refractivity contribution in [3.8, 4) is 0 Å². The van der Waals surface area contributed by atoms with E-state index in [1.54, 1.807) is 0 Å². The third-order valence-corrected chi connectivity index (χ3v) is 5.74. The molecular formula is C20H31N3O2. The van der Waals surface area contributed by atoms with Gasteiger partial charge in [0.2, 0.25) is 5.91 Å². The molecule has 0 saturated carbocycles. The first kappa shape index (κ1) is 18.4. The Bertz CT molecular complexity index is 553. The molecule has 2 aliphatic rings. The molecule has 5 heteroatoms. The molecule has 2 fully saturated rings. The largest absolute Gasteiger partial charge is 0.379 e. The van der Waals surface area contributed by atoms with Gasteiger partial charge in [-0.25, -0.2) is 0 Å². The van der Waals surface area contributed by atoms with Crippen LogP contribution in [0.2, 0.25) is 0 Å². The summed E-state index contributed by atoms with van der Waals surface area (Å²) in [6.45, 7) is 10.4. The van der Waals surface area contributed by atoms with Crippen LogP contribution in [0.3, 0.4) is 0 Å². The summed E-state index contributed by atoms with van der Waals surface area (Å²) in [5.74, 6) is 0.112. The number of morpholine rings is 1. The van der Waals surface area contributed by atoms with Crippen LogP contribution in [0.25, 0.3) is 0 Å². The number of amides is 1. The molecule has 0 unspecified atom stereocenters. The first-order valence-electron chi connectivity index (χ1n) is 9.53. The Morgan fingerprint density at radius 1 is 1.16 bits per heavy atom. The fourth-order valence-electron chi connectivity index (χ4n) is 3.94. The smallest absolute Gasteiger partial charge is 0.244 e. The van der Waals surface area contributed by atoms with E-state index in [9.17, 15) is 4.79 Å². The lowest BCUT2D eigenvalue weighted by molar-refractivity contribution is -0.133. The Labute approximate surface area is 151 Å². The highest BCUT2D eigenvalue weighted by molar-refractivity contribution is 5.87. The van der Waals surface area contributed by atoms with Crippen molar-refractivity contribution in [2.45, 2.75) is 38.3 Å². The molecule has 3 rings (SSSR count). The van der Waals surface area contributed by atoms with E-state index in [2.05, 4.69) is 41.1 Å². The molecule has 1 aromatic carbocycles. The van der Waals surface area contributed by atoms with Crippen molar-refractivity contribution in [2.75, 3.05) is 45.9 Å². The Kier molecular flexibility index (Phi) is 6.10. The zero-order chi connectivity index (χ0) is 17.7. The van der Waals surface area contributed by atoms with Gasteiger partial charge in [0.15, 0.2) is 0 Å². The number of rotatable bonds is 6. The van der Waals surface area contributed by atoms with E-state index in [-0.39, 0.29) is 5.91 Å². The molecule has 0 spiro atoms. The maximum atomic E-state index is 13.2. The zero-order valence-electron chi connectivity index (χ0n) is 15.5. The molecule has 1 aromatic rings. The van der Waals surface area contributed by atoms with Gasteiger partial charge in [-0.15, -0.1) is 0 Å². The van der Waals surface area contributed by atoms with Crippen molar-refractivity contribution < 1.29 is 9.53 Å². The number of ether oxygens (including phenoxy) is 1. The molecular weight excluding hydrogens is 314 g/mol. The Hall–Kier alpha value is -1.43. The molecule has 1 N–H and O–H groups in total. The minimum atomic E-state index is -0.595. The summed E-state index contributed by atoms with van der Waals surface area (Å²) in [4.78, 5) is 18.0.